The topological polar surface area (TPSA) is 131 Å². The van der Waals surface area contributed by atoms with Crippen molar-refractivity contribution in [3.8, 4) is 18.2 Å². The van der Waals surface area contributed by atoms with Crippen molar-refractivity contribution in [3.05, 3.63) is 53.5 Å². The Hall–Kier alpha value is -4.76. The summed E-state index contributed by atoms with van der Waals surface area (Å²) < 4.78 is 35.5. The summed E-state index contributed by atoms with van der Waals surface area (Å²) in [6.07, 6.45) is 7.77. The van der Waals surface area contributed by atoms with Gasteiger partial charge in [-0.25, -0.2) is 24.1 Å². The van der Waals surface area contributed by atoms with Gasteiger partial charge in [0.25, 0.3) is 0 Å². The van der Waals surface area contributed by atoms with Gasteiger partial charge in [-0.15, -0.1) is 6.42 Å². The molecule has 4 atom stereocenters. The quantitative estimate of drug-likeness (QED) is 0.306. The van der Waals surface area contributed by atoms with E-state index in [9.17, 15) is 14.7 Å². The number of hydrogen-bond acceptors (Lipinski definition) is 9. The van der Waals surface area contributed by atoms with Crippen LogP contribution in [-0.2, 0) is 26.4 Å². The number of piperidine rings is 1. The van der Waals surface area contributed by atoms with Crippen LogP contribution in [0.4, 0.5) is 10.2 Å². The van der Waals surface area contributed by atoms with Gasteiger partial charge < -0.3 is 28.8 Å². The van der Waals surface area contributed by atoms with Crippen molar-refractivity contribution in [3.63, 3.8) is 0 Å². The van der Waals surface area contributed by atoms with Gasteiger partial charge in [-0.05, 0) is 24.6 Å². The largest absolute Gasteiger partial charge is 0.480 e. The number of benzene rings is 1. The summed E-state index contributed by atoms with van der Waals surface area (Å²) in [4.78, 5) is 43.1. The molecule has 6 bridgehead atoms. The summed E-state index contributed by atoms with van der Waals surface area (Å²) in [7, 11) is 0. The van der Waals surface area contributed by atoms with Gasteiger partial charge in [-0.1, -0.05) is 25.0 Å². The van der Waals surface area contributed by atoms with E-state index in [1.165, 1.54) is 6.20 Å². The Morgan fingerprint density at radius 3 is 2.85 bits per heavy atom. The zero-order valence-corrected chi connectivity index (χ0v) is 25.4. The normalized spacial score (nSPS) is 25.7. The number of alkyl halides is 1. The van der Waals surface area contributed by atoms with Crippen LogP contribution in [0.2, 0.25) is 0 Å². The molecule has 238 valence electrons. The highest BCUT2D eigenvalue weighted by atomic mass is 19.1. The number of carbonyl (C=O) groups is 2. The van der Waals surface area contributed by atoms with Crippen LogP contribution in [0.1, 0.15) is 49.6 Å². The van der Waals surface area contributed by atoms with Crippen molar-refractivity contribution in [1.29, 1.82) is 0 Å². The number of terminal acetylenes is 1. The van der Waals surface area contributed by atoms with E-state index in [1.807, 2.05) is 24.3 Å². The van der Waals surface area contributed by atoms with Crippen LogP contribution in [0, 0.1) is 18.3 Å². The van der Waals surface area contributed by atoms with E-state index < -0.39 is 29.7 Å². The number of ether oxygens (including phenoxy) is 2. The highest BCUT2D eigenvalue weighted by molar-refractivity contribution is 6.06. The lowest BCUT2D eigenvalue weighted by Crippen LogP contribution is -2.49. The van der Waals surface area contributed by atoms with Crippen LogP contribution in [-0.4, -0.2) is 81.8 Å². The van der Waals surface area contributed by atoms with Gasteiger partial charge in [0, 0.05) is 68.4 Å². The number of carbonyl (C=O) groups excluding carboxylic acids is 1. The first-order valence-corrected chi connectivity index (χ1v) is 15.6. The molecule has 8 rings (SSSR count). The molecular formula is C34H34FN5O6. The number of carboxylic acid groups (broad SMARTS) is 1. The number of furan rings is 1. The lowest BCUT2D eigenvalue weighted by atomic mass is 9.78. The molecule has 2 saturated heterocycles. The second-order valence-corrected chi connectivity index (χ2v) is 12.3. The van der Waals surface area contributed by atoms with E-state index >= 15 is 4.39 Å². The number of pyridine rings is 1. The maximum atomic E-state index is 17.1. The third-order valence-corrected chi connectivity index (χ3v) is 9.33. The molecule has 11 nitrogen and oxygen atoms in total. The Balaban J connectivity index is 1.32. The molecule has 46 heavy (non-hydrogen) atoms. The second-order valence-electron chi connectivity index (χ2n) is 12.3. The van der Waals surface area contributed by atoms with Gasteiger partial charge in [0.05, 0.1) is 18.7 Å². The molecule has 1 N–H and O–H groups in total. The lowest BCUT2D eigenvalue weighted by molar-refractivity contribution is -0.139. The first kappa shape index (κ1) is 29.9. The Kier molecular flexibility index (Phi) is 7.72. The van der Waals surface area contributed by atoms with E-state index in [4.69, 9.17) is 30.3 Å². The van der Waals surface area contributed by atoms with Crippen LogP contribution in [0.15, 0.2) is 40.9 Å². The number of anilines is 1. The van der Waals surface area contributed by atoms with Crippen molar-refractivity contribution in [2.45, 2.75) is 56.8 Å². The van der Waals surface area contributed by atoms with E-state index in [0.29, 0.717) is 59.9 Å². The smallest absolute Gasteiger partial charge is 0.326 e. The fraction of sp³-hybridized carbons (Fsp3) is 0.441. The number of aliphatic carboxylic acids is 1. The molecule has 12 heteroatoms. The number of hydrogen-bond donors (Lipinski definition) is 1. The fourth-order valence-corrected chi connectivity index (χ4v) is 6.85. The Morgan fingerprint density at radius 1 is 1.20 bits per heavy atom. The van der Waals surface area contributed by atoms with E-state index in [2.05, 4.69) is 10.9 Å². The molecule has 0 aliphatic carbocycles. The van der Waals surface area contributed by atoms with Gasteiger partial charge in [-0.2, -0.15) is 0 Å². The second kappa shape index (κ2) is 11.9. The van der Waals surface area contributed by atoms with Gasteiger partial charge in [0.2, 0.25) is 11.8 Å². The van der Waals surface area contributed by atoms with E-state index in [0.717, 1.165) is 5.39 Å². The van der Waals surface area contributed by atoms with Crippen LogP contribution in [0.5, 0.6) is 5.88 Å². The molecule has 7 heterocycles. The average molecular weight is 628 g/mol. The highest BCUT2D eigenvalue weighted by Crippen LogP contribution is 2.45. The molecule has 1 amide bonds. The fourth-order valence-electron chi connectivity index (χ4n) is 6.85. The number of nitrogens with zero attached hydrogens (tertiary/aromatic N) is 5. The monoisotopic (exact) mass is 627 g/mol. The zero-order valence-electron chi connectivity index (χ0n) is 25.4. The minimum absolute atomic E-state index is 0.0464. The standard InChI is InChI=1S/C34H34FN5O6/c1-3-21-15-24-32(36-17-21)45-22-16-25(33(42)43)40(19-22)31-30-29(23-7-4-5-8-26(23)46-30)37-27(38-31)10-14-44-13-6-9-28(41)39-12-11-34(24,35)20(2)18-39/h1,4-5,7-8,15,17,20,22,25H,6,9-14,16,18-19H2,2H3,(H,42,43)/t20-,22-,25-,34+/m0/s1. The summed E-state index contributed by atoms with van der Waals surface area (Å²) in [5.74, 6) is 1.73. The summed E-state index contributed by atoms with van der Waals surface area (Å²) in [6, 6.07) is 8.04. The number of carboxylic acids is 1. The number of fused-ring (bicyclic) bond motifs is 11. The van der Waals surface area contributed by atoms with Crippen LogP contribution in [0.3, 0.4) is 0 Å². The summed E-state index contributed by atoms with van der Waals surface area (Å²) in [5, 5.41) is 11.1. The average Bonchev–Trinajstić information content (AvgIpc) is 3.65. The van der Waals surface area contributed by atoms with Crippen molar-refractivity contribution in [2.24, 2.45) is 5.92 Å². The molecule has 1 aromatic carbocycles. The maximum Gasteiger partial charge on any atom is 0.326 e. The molecule has 0 unspecified atom stereocenters. The summed E-state index contributed by atoms with van der Waals surface area (Å²) in [6.45, 7) is 3.04. The van der Waals surface area contributed by atoms with Crippen LogP contribution < -0.4 is 9.64 Å². The van der Waals surface area contributed by atoms with Gasteiger partial charge >= 0.3 is 5.97 Å². The zero-order chi connectivity index (χ0) is 32.0. The Morgan fingerprint density at radius 2 is 2.04 bits per heavy atom. The van der Waals surface area contributed by atoms with Crippen molar-refractivity contribution in [2.75, 3.05) is 37.7 Å². The number of amides is 1. The molecule has 0 saturated carbocycles. The molecule has 4 aliphatic heterocycles. The van der Waals surface area contributed by atoms with E-state index in [-0.39, 0.29) is 56.2 Å². The molecule has 4 aromatic rings. The first-order valence-electron chi connectivity index (χ1n) is 15.6. The summed E-state index contributed by atoms with van der Waals surface area (Å²) >= 11 is 0. The highest BCUT2D eigenvalue weighted by Gasteiger charge is 2.47. The predicted octanol–water partition coefficient (Wildman–Crippen LogP) is 4.25. The molecule has 4 aliphatic rings. The number of halogens is 1. The Labute approximate surface area is 264 Å². The van der Waals surface area contributed by atoms with Crippen molar-refractivity contribution >= 4 is 39.8 Å². The first-order chi connectivity index (χ1) is 22.2. The van der Waals surface area contributed by atoms with Crippen LogP contribution >= 0.6 is 0 Å². The number of aromatic nitrogens is 3. The third kappa shape index (κ3) is 5.28. The minimum Gasteiger partial charge on any atom is -0.480 e. The maximum absolute atomic E-state index is 17.1. The van der Waals surface area contributed by atoms with Gasteiger partial charge in [0.15, 0.2) is 11.4 Å². The van der Waals surface area contributed by atoms with E-state index in [1.54, 1.807) is 22.8 Å². The minimum atomic E-state index is -1.87. The number of rotatable bonds is 1. The molecule has 0 radical (unpaired) electrons. The Bertz CT molecular complexity index is 1870. The molecular weight excluding hydrogens is 593 g/mol. The van der Waals surface area contributed by atoms with Gasteiger partial charge in [0.1, 0.15) is 34.7 Å². The molecule has 3 aromatic heterocycles. The number of para-hydroxylation sites is 1. The van der Waals surface area contributed by atoms with Gasteiger partial charge in [-0.3, -0.25) is 4.79 Å². The lowest BCUT2D eigenvalue weighted by Gasteiger charge is -2.42. The molecule has 2 fully saturated rings. The summed E-state index contributed by atoms with van der Waals surface area (Å²) in [5.41, 5.74) is 0.285. The van der Waals surface area contributed by atoms with Crippen LogP contribution in [0.25, 0.3) is 22.1 Å². The molecule has 0 spiro atoms. The van der Waals surface area contributed by atoms with Crippen molar-refractivity contribution < 1.29 is 33.0 Å². The van der Waals surface area contributed by atoms with Crippen molar-refractivity contribution in [1.82, 2.24) is 19.9 Å². The predicted molar refractivity (Wildman–Crippen MR) is 166 cm³/mol. The SMILES string of the molecule is C#Cc1cnc2c(c1)[C@@]1(F)CCN(C[C@@H]1C)C(=O)CCCOCCc1nc(c3oc4ccccc4c3n1)N1C[C@H](C[C@H]1C(=O)O)O2. The third-order valence-electron chi connectivity index (χ3n) is 9.33.